The third kappa shape index (κ3) is 3.50. The van der Waals surface area contributed by atoms with Crippen molar-refractivity contribution in [1.82, 2.24) is 10.3 Å². The summed E-state index contributed by atoms with van der Waals surface area (Å²) in [5.74, 6) is -0.611. The van der Waals surface area contributed by atoms with E-state index in [1.165, 1.54) is 18.3 Å². The summed E-state index contributed by atoms with van der Waals surface area (Å²) in [7, 11) is -2.03. The summed E-state index contributed by atoms with van der Waals surface area (Å²) in [6, 6.07) is 4.99. The second kappa shape index (κ2) is 5.82. The number of anilines is 1. The monoisotopic (exact) mass is 317 g/mol. The van der Waals surface area contributed by atoms with Gasteiger partial charge in [-0.1, -0.05) is 11.6 Å². The van der Waals surface area contributed by atoms with Crippen LogP contribution in [0.3, 0.4) is 0 Å². The van der Waals surface area contributed by atoms with Gasteiger partial charge in [0.2, 0.25) is 0 Å². The van der Waals surface area contributed by atoms with Crippen molar-refractivity contribution in [3.8, 4) is 0 Å². The zero-order chi connectivity index (χ0) is 14.8. The Kier molecular flexibility index (Phi) is 4.32. The third-order valence-corrected chi connectivity index (χ3v) is 4.09. The lowest BCUT2D eigenvalue weighted by molar-refractivity contribution is 0.601. The molecule has 0 fully saturated rings. The lowest BCUT2D eigenvalue weighted by Crippen LogP contribution is -2.12. The maximum absolute atomic E-state index is 13.2. The lowest BCUT2D eigenvalue weighted by atomic mass is 10.3. The van der Waals surface area contributed by atoms with Gasteiger partial charge in [-0.05, 0) is 31.3 Å². The van der Waals surface area contributed by atoms with Crippen LogP contribution in [0.5, 0.6) is 0 Å². The van der Waals surface area contributed by atoms with Crippen LogP contribution in [0.4, 0.5) is 10.1 Å². The number of aromatic amines is 1. The Morgan fingerprint density at radius 2 is 2.05 bits per heavy atom. The van der Waals surface area contributed by atoms with Crippen molar-refractivity contribution in [2.75, 3.05) is 11.8 Å². The number of H-pyrrole nitrogens is 1. The number of sulfonamides is 1. The molecule has 108 valence electrons. The highest BCUT2D eigenvalue weighted by Crippen LogP contribution is 2.21. The normalized spacial score (nSPS) is 11.6. The highest BCUT2D eigenvalue weighted by Gasteiger charge is 2.16. The summed E-state index contributed by atoms with van der Waals surface area (Å²) in [5.41, 5.74) is 0.802. The van der Waals surface area contributed by atoms with Crippen molar-refractivity contribution in [1.29, 1.82) is 0 Å². The molecule has 1 heterocycles. The molecule has 20 heavy (non-hydrogen) atoms. The minimum absolute atomic E-state index is 0.0723. The Hall–Kier alpha value is -1.57. The Morgan fingerprint density at radius 1 is 1.30 bits per heavy atom. The van der Waals surface area contributed by atoms with Crippen LogP contribution >= 0.6 is 11.6 Å². The minimum atomic E-state index is -3.78. The Labute approximate surface area is 121 Å². The van der Waals surface area contributed by atoms with E-state index in [1.807, 2.05) is 0 Å². The molecule has 0 saturated heterocycles. The van der Waals surface area contributed by atoms with Gasteiger partial charge in [-0.25, -0.2) is 12.8 Å². The standard InChI is InChI=1S/C12H13ClFN3O2S/c1-15-6-11-5-12(7-16-11)20(18,19)17-10-3-8(13)2-9(14)4-10/h2-5,7,15-17H,6H2,1H3. The molecule has 1 aromatic heterocycles. The molecule has 0 aliphatic heterocycles. The number of halogens is 2. The van der Waals surface area contributed by atoms with Gasteiger partial charge in [0.05, 0.1) is 5.69 Å². The van der Waals surface area contributed by atoms with Crippen molar-refractivity contribution in [3.63, 3.8) is 0 Å². The smallest absolute Gasteiger partial charge is 0.263 e. The first kappa shape index (κ1) is 14.8. The van der Waals surface area contributed by atoms with Crippen LogP contribution in [0.15, 0.2) is 35.4 Å². The van der Waals surface area contributed by atoms with Crippen LogP contribution < -0.4 is 10.0 Å². The molecular weight excluding hydrogens is 305 g/mol. The fourth-order valence-electron chi connectivity index (χ4n) is 1.69. The molecule has 2 aromatic rings. The summed E-state index contributed by atoms with van der Waals surface area (Å²) < 4.78 is 39.7. The van der Waals surface area contributed by atoms with Crippen LogP contribution in [-0.2, 0) is 16.6 Å². The molecule has 1 aromatic carbocycles. The maximum atomic E-state index is 13.2. The third-order valence-electron chi connectivity index (χ3n) is 2.51. The van der Waals surface area contributed by atoms with Crippen molar-refractivity contribution in [3.05, 3.63) is 47.0 Å². The molecule has 0 aliphatic rings. The van der Waals surface area contributed by atoms with E-state index in [0.717, 1.165) is 17.8 Å². The van der Waals surface area contributed by atoms with Gasteiger partial charge < -0.3 is 10.3 Å². The fraction of sp³-hybridized carbons (Fsp3) is 0.167. The summed E-state index contributed by atoms with van der Waals surface area (Å²) >= 11 is 5.68. The largest absolute Gasteiger partial charge is 0.363 e. The highest BCUT2D eigenvalue weighted by atomic mass is 35.5. The SMILES string of the molecule is CNCc1cc(S(=O)(=O)Nc2cc(F)cc(Cl)c2)c[nH]1. The summed E-state index contributed by atoms with van der Waals surface area (Å²) in [6.07, 6.45) is 1.37. The van der Waals surface area contributed by atoms with E-state index in [-0.39, 0.29) is 15.6 Å². The van der Waals surface area contributed by atoms with Crippen LogP contribution in [0.2, 0.25) is 5.02 Å². The minimum Gasteiger partial charge on any atom is -0.363 e. The average Bonchev–Trinajstić information content (AvgIpc) is 2.76. The number of hydrogen-bond donors (Lipinski definition) is 3. The molecule has 0 aliphatic carbocycles. The Morgan fingerprint density at radius 3 is 2.70 bits per heavy atom. The van der Waals surface area contributed by atoms with Gasteiger partial charge in [0.15, 0.2) is 0 Å². The van der Waals surface area contributed by atoms with Crippen LogP contribution in [0, 0.1) is 5.82 Å². The summed E-state index contributed by atoms with van der Waals surface area (Å²) in [5, 5.41) is 3.02. The first-order valence-corrected chi connectivity index (χ1v) is 7.57. The van der Waals surface area contributed by atoms with E-state index >= 15 is 0 Å². The number of benzene rings is 1. The fourth-order valence-corrected chi connectivity index (χ4v) is 2.97. The number of nitrogens with one attached hydrogen (secondary N) is 3. The van der Waals surface area contributed by atoms with Crippen LogP contribution in [0.1, 0.15) is 5.69 Å². The average molecular weight is 318 g/mol. The predicted octanol–water partition coefficient (Wildman–Crippen LogP) is 2.33. The maximum Gasteiger partial charge on any atom is 0.263 e. The van der Waals surface area contributed by atoms with Crippen molar-refractivity contribution in [2.24, 2.45) is 0 Å². The van der Waals surface area contributed by atoms with Gasteiger partial charge in [0.25, 0.3) is 10.0 Å². The zero-order valence-corrected chi connectivity index (χ0v) is 12.1. The number of hydrogen-bond acceptors (Lipinski definition) is 3. The molecule has 0 unspecified atom stereocenters. The van der Waals surface area contributed by atoms with Gasteiger partial charge in [0, 0.05) is 23.5 Å². The molecule has 0 spiro atoms. The first-order chi connectivity index (χ1) is 9.40. The highest BCUT2D eigenvalue weighted by molar-refractivity contribution is 7.92. The Bertz CT molecular complexity index is 695. The second-order valence-corrected chi connectivity index (χ2v) is 6.27. The van der Waals surface area contributed by atoms with Crippen molar-refractivity contribution in [2.45, 2.75) is 11.4 Å². The predicted molar refractivity (Wildman–Crippen MR) is 75.8 cm³/mol. The van der Waals surface area contributed by atoms with E-state index in [1.54, 1.807) is 7.05 Å². The quantitative estimate of drug-likeness (QED) is 0.792. The number of aromatic nitrogens is 1. The van der Waals surface area contributed by atoms with Gasteiger partial charge in [0.1, 0.15) is 10.7 Å². The molecule has 0 amide bonds. The van der Waals surface area contributed by atoms with Crippen molar-refractivity contribution < 1.29 is 12.8 Å². The molecule has 2 rings (SSSR count). The van der Waals surface area contributed by atoms with E-state index in [2.05, 4.69) is 15.0 Å². The molecule has 0 atom stereocenters. The molecule has 3 N–H and O–H groups in total. The first-order valence-electron chi connectivity index (χ1n) is 5.71. The lowest BCUT2D eigenvalue weighted by Gasteiger charge is -2.07. The topological polar surface area (TPSA) is 74.0 Å². The Balaban J connectivity index is 2.25. The van der Waals surface area contributed by atoms with Crippen LogP contribution in [-0.4, -0.2) is 20.4 Å². The molecular formula is C12H13ClFN3O2S. The molecule has 0 bridgehead atoms. The molecule has 5 nitrogen and oxygen atoms in total. The summed E-state index contributed by atoms with van der Waals surface area (Å²) in [4.78, 5) is 2.91. The summed E-state index contributed by atoms with van der Waals surface area (Å²) in [6.45, 7) is 0.515. The van der Waals surface area contributed by atoms with Gasteiger partial charge in [-0.15, -0.1) is 0 Å². The molecule has 8 heteroatoms. The second-order valence-electron chi connectivity index (χ2n) is 4.15. The van der Waals surface area contributed by atoms with Crippen LogP contribution in [0.25, 0.3) is 0 Å². The van der Waals surface area contributed by atoms with Crippen molar-refractivity contribution >= 4 is 27.3 Å². The molecule has 0 radical (unpaired) electrons. The van der Waals surface area contributed by atoms with E-state index in [0.29, 0.717) is 6.54 Å². The van der Waals surface area contributed by atoms with E-state index in [9.17, 15) is 12.8 Å². The number of rotatable bonds is 5. The van der Waals surface area contributed by atoms with E-state index in [4.69, 9.17) is 11.6 Å². The van der Waals surface area contributed by atoms with Gasteiger partial charge in [-0.2, -0.15) is 0 Å². The van der Waals surface area contributed by atoms with E-state index < -0.39 is 15.8 Å². The van der Waals surface area contributed by atoms with Gasteiger partial charge >= 0.3 is 0 Å². The molecule has 0 saturated carbocycles. The van der Waals surface area contributed by atoms with Gasteiger partial charge in [-0.3, -0.25) is 4.72 Å². The zero-order valence-electron chi connectivity index (χ0n) is 10.6.